The molecule has 0 radical (unpaired) electrons. The maximum Gasteiger partial charge on any atom is 0.371 e. The molecule has 2 heterocycles. The molecule has 1 aliphatic rings. The van der Waals surface area contributed by atoms with Gasteiger partial charge in [-0.05, 0) is 32.5 Å². The summed E-state index contributed by atoms with van der Waals surface area (Å²) in [5, 5.41) is 8.81. The van der Waals surface area contributed by atoms with Crippen LogP contribution in [-0.2, 0) is 0 Å². The second kappa shape index (κ2) is 4.79. The van der Waals surface area contributed by atoms with Gasteiger partial charge in [0.15, 0.2) is 5.88 Å². The van der Waals surface area contributed by atoms with Gasteiger partial charge < -0.3 is 19.3 Å². The van der Waals surface area contributed by atoms with Crippen LogP contribution in [0, 0.1) is 0 Å². The first-order valence-electron chi connectivity index (χ1n) is 5.82. The van der Waals surface area contributed by atoms with Gasteiger partial charge in [-0.15, -0.1) is 0 Å². The van der Waals surface area contributed by atoms with Crippen molar-refractivity contribution in [3.8, 4) is 0 Å². The molecule has 2 rings (SSSR count). The van der Waals surface area contributed by atoms with E-state index in [1.54, 1.807) is 6.07 Å². The second-order valence-electron chi connectivity index (χ2n) is 4.61. The summed E-state index contributed by atoms with van der Waals surface area (Å²) in [6, 6.07) is 3.61. The van der Waals surface area contributed by atoms with Crippen molar-refractivity contribution in [2.45, 2.75) is 18.9 Å². The quantitative estimate of drug-likeness (QED) is 0.865. The van der Waals surface area contributed by atoms with E-state index in [9.17, 15) is 4.79 Å². The predicted octanol–water partition coefficient (Wildman–Crippen LogP) is 1.51. The van der Waals surface area contributed by atoms with Gasteiger partial charge in [0.2, 0.25) is 5.76 Å². The molecule has 17 heavy (non-hydrogen) atoms. The van der Waals surface area contributed by atoms with E-state index >= 15 is 0 Å². The fourth-order valence-electron chi connectivity index (χ4n) is 2.27. The van der Waals surface area contributed by atoms with Gasteiger partial charge in [-0.25, -0.2) is 4.79 Å². The monoisotopic (exact) mass is 238 g/mol. The highest BCUT2D eigenvalue weighted by Crippen LogP contribution is 2.23. The van der Waals surface area contributed by atoms with Crippen LogP contribution in [0.1, 0.15) is 23.4 Å². The molecule has 1 atom stereocenters. The smallest absolute Gasteiger partial charge is 0.371 e. The Morgan fingerprint density at radius 2 is 2.35 bits per heavy atom. The van der Waals surface area contributed by atoms with E-state index < -0.39 is 5.97 Å². The van der Waals surface area contributed by atoms with Crippen LogP contribution in [0.3, 0.4) is 0 Å². The summed E-state index contributed by atoms with van der Waals surface area (Å²) in [7, 11) is 4.05. The molecule has 0 aliphatic carbocycles. The number of carboxylic acids is 1. The van der Waals surface area contributed by atoms with E-state index in [0.29, 0.717) is 11.9 Å². The first kappa shape index (κ1) is 12.0. The number of nitrogens with zero attached hydrogens (tertiary/aromatic N) is 2. The van der Waals surface area contributed by atoms with Gasteiger partial charge in [0, 0.05) is 25.7 Å². The minimum atomic E-state index is -1.02. The largest absolute Gasteiger partial charge is 0.475 e. The summed E-state index contributed by atoms with van der Waals surface area (Å²) in [6.07, 6.45) is 2.28. The van der Waals surface area contributed by atoms with Crippen molar-refractivity contribution in [1.29, 1.82) is 0 Å². The van der Waals surface area contributed by atoms with Crippen molar-refractivity contribution in [3.05, 3.63) is 17.9 Å². The maximum atomic E-state index is 10.7. The number of carbonyl (C=O) groups is 1. The molecule has 0 saturated carbocycles. The van der Waals surface area contributed by atoms with Gasteiger partial charge in [-0.1, -0.05) is 0 Å². The minimum Gasteiger partial charge on any atom is -0.475 e. The third kappa shape index (κ3) is 2.61. The molecule has 1 saturated heterocycles. The lowest BCUT2D eigenvalue weighted by molar-refractivity contribution is 0.0663. The van der Waals surface area contributed by atoms with Crippen LogP contribution < -0.4 is 4.90 Å². The lowest BCUT2D eigenvalue weighted by Crippen LogP contribution is -2.44. The summed E-state index contributed by atoms with van der Waals surface area (Å²) >= 11 is 0. The number of anilines is 1. The van der Waals surface area contributed by atoms with Gasteiger partial charge in [0.05, 0.1) is 0 Å². The molecule has 0 bridgehead atoms. The molecule has 1 aliphatic heterocycles. The highest BCUT2D eigenvalue weighted by atomic mass is 16.4. The fourth-order valence-corrected chi connectivity index (χ4v) is 2.27. The van der Waals surface area contributed by atoms with Gasteiger partial charge in [-0.3, -0.25) is 0 Å². The van der Waals surface area contributed by atoms with Crippen LogP contribution in [0.25, 0.3) is 0 Å². The number of hydrogen-bond acceptors (Lipinski definition) is 4. The van der Waals surface area contributed by atoms with E-state index in [1.807, 2.05) is 11.9 Å². The fraction of sp³-hybridized carbons (Fsp3) is 0.583. The Morgan fingerprint density at radius 1 is 1.59 bits per heavy atom. The van der Waals surface area contributed by atoms with Gasteiger partial charge in [-0.2, -0.15) is 0 Å². The standard InChI is InChI=1S/C12H18N2O3/c1-13-7-3-4-9(8-13)14(2)11-6-5-10(17-11)12(15)16/h5-6,9H,3-4,7-8H2,1-2H3,(H,15,16). The molecule has 1 N–H and O–H groups in total. The second-order valence-corrected chi connectivity index (χ2v) is 4.61. The molecule has 1 aromatic rings. The molecular weight excluding hydrogens is 220 g/mol. The van der Waals surface area contributed by atoms with E-state index in [1.165, 1.54) is 6.07 Å². The van der Waals surface area contributed by atoms with Crippen molar-refractivity contribution in [3.63, 3.8) is 0 Å². The Labute approximate surface area is 101 Å². The van der Waals surface area contributed by atoms with Gasteiger partial charge in [0.25, 0.3) is 0 Å². The summed E-state index contributed by atoms with van der Waals surface area (Å²) in [5.74, 6) is -0.399. The SMILES string of the molecule is CN1CCCC(N(C)c2ccc(C(=O)O)o2)C1. The summed E-state index contributed by atoms with van der Waals surface area (Å²) < 4.78 is 5.30. The van der Waals surface area contributed by atoms with Crippen LogP contribution in [0.5, 0.6) is 0 Å². The molecular formula is C12H18N2O3. The zero-order chi connectivity index (χ0) is 12.4. The first-order valence-corrected chi connectivity index (χ1v) is 5.82. The number of piperidine rings is 1. The Morgan fingerprint density at radius 3 is 2.94 bits per heavy atom. The third-order valence-corrected chi connectivity index (χ3v) is 3.30. The van der Waals surface area contributed by atoms with E-state index in [4.69, 9.17) is 9.52 Å². The third-order valence-electron chi connectivity index (χ3n) is 3.30. The zero-order valence-electron chi connectivity index (χ0n) is 10.2. The van der Waals surface area contributed by atoms with Crippen molar-refractivity contribution in [1.82, 2.24) is 4.90 Å². The van der Waals surface area contributed by atoms with Crippen LogP contribution >= 0.6 is 0 Å². The van der Waals surface area contributed by atoms with Crippen LogP contribution in [0.2, 0.25) is 0 Å². The van der Waals surface area contributed by atoms with Crippen LogP contribution in [0.4, 0.5) is 5.88 Å². The molecule has 5 heteroatoms. The lowest BCUT2D eigenvalue weighted by atomic mass is 10.1. The molecule has 1 fully saturated rings. The number of likely N-dealkylation sites (N-methyl/N-ethyl adjacent to an activating group) is 2. The summed E-state index contributed by atoms with van der Waals surface area (Å²) in [4.78, 5) is 15.1. The number of likely N-dealkylation sites (tertiary alicyclic amines) is 1. The molecule has 0 amide bonds. The molecule has 1 aromatic heterocycles. The van der Waals surface area contributed by atoms with Crippen molar-refractivity contribution >= 4 is 11.9 Å². The van der Waals surface area contributed by atoms with E-state index in [0.717, 1.165) is 25.9 Å². The average molecular weight is 238 g/mol. The molecule has 0 spiro atoms. The Kier molecular flexibility index (Phi) is 3.38. The number of hydrogen-bond donors (Lipinski definition) is 1. The molecule has 1 unspecified atom stereocenters. The average Bonchev–Trinajstić information content (AvgIpc) is 2.77. The highest BCUT2D eigenvalue weighted by Gasteiger charge is 2.23. The summed E-state index contributed by atoms with van der Waals surface area (Å²) in [6.45, 7) is 2.11. The van der Waals surface area contributed by atoms with Gasteiger partial charge >= 0.3 is 5.97 Å². The first-order chi connectivity index (χ1) is 8.08. The van der Waals surface area contributed by atoms with Crippen molar-refractivity contribution in [2.75, 3.05) is 32.1 Å². The van der Waals surface area contributed by atoms with Crippen molar-refractivity contribution in [2.24, 2.45) is 0 Å². The Hall–Kier alpha value is -1.49. The normalized spacial score (nSPS) is 21.4. The van der Waals surface area contributed by atoms with Crippen molar-refractivity contribution < 1.29 is 14.3 Å². The number of aromatic carboxylic acids is 1. The Bertz CT molecular complexity index is 402. The number of rotatable bonds is 3. The maximum absolute atomic E-state index is 10.7. The summed E-state index contributed by atoms with van der Waals surface area (Å²) in [5.41, 5.74) is 0. The highest BCUT2D eigenvalue weighted by molar-refractivity contribution is 5.84. The predicted molar refractivity (Wildman–Crippen MR) is 64.6 cm³/mol. The Balaban J connectivity index is 2.07. The number of carboxylic acid groups (broad SMARTS) is 1. The molecule has 0 aromatic carbocycles. The van der Waals surface area contributed by atoms with Crippen LogP contribution in [-0.4, -0.2) is 49.2 Å². The molecule has 5 nitrogen and oxygen atoms in total. The molecule has 94 valence electrons. The van der Waals surface area contributed by atoms with Gasteiger partial charge in [0.1, 0.15) is 0 Å². The number of furan rings is 1. The van der Waals surface area contributed by atoms with E-state index in [-0.39, 0.29) is 5.76 Å². The zero-order valence-corrected chi connectivity index (χ0v) is 10.2. The lowest BCUT2D eigenvalue weighted by Gasteiger charge is -2.35. The minimum absolute atomic E-state index is 0.00369. The van der Waals surface area contributed by atoms with Crippen LogP contribution in [0.15, 0.2) is 16.5 Å². The topological polar surface area (TPSA) is 56.9 Å². The van der Waals surface area contributed by atoms with E-state index in [2.05, 4.69) is 11.9 Å².